The Morgan fingerprint density at radius 2 is 1.84 bits per heavy atom. The molecule has 0 aromatic carbocycles. The number of aliphatic hydroxyl groups is 1. The average molecular weight is 266 g/mol. The molecule has 1 aliphatic rings. The first kappa shape index (κ1) is 16.1. The van der Waals surface area contributed by atoms with Crippen LogP contribution in [0, 0.1) is 0 Å². The molecule has 110 valence electrons. The predicted molar refractivity (Wildman–Crippen MR) is 81.3 cm³/mol. The SMILES string of the molecule is C=CCCCCCCCCCC1NC=CN1C(C)O. The molecule has 3 nitrogen and oxygen atoms in total. The molecule has 0 bridgehead atoms. The highest BCUT2D eigenvalue weighted by molar-refractivity contribution is 4.94. The second kappa shape index (κ2) is 9.90. The largest absolute Gasteiger partial charge is 0.374 e. The highest BCUT2D eigenvalue weighted by Crippen LogP contribution is 2.16. The van der Waals surface area contributed by atoms with Gasteiger partial charge in [-0.1, -0.05) is 38.2 Å². The molecule has 0 aromatic heterocycles. The molecule has 0 spiro atoms. The number of unbranched alkanes of at least 4 members (excludes halogenated alkanes) is 7. The van der Waals surface area contributed by atoms with Crippen LogP contribution in [0.5, 0.6) is 0 Å². The standard InChI is InChI=1S/C16H30N2O/c1-3-4-5-6-7-8-9-10-11-12-16-17-13-14-18(16)15(2)19/h3,13-17,19H,1,4-12H2,2H3. The molecule has 2 unspecified atom stereocenters. The van der Waals surface area contributed by atoms with Crippen LogP contribution in [0.15, 0.2) is 25.1 Å². The van der Waals surface area contributed by atoms with Crippen LogP contribution in [-0.4, -0.2) is 22.4 Å². The van der Waals surface area contributed by atoms with Gasteiger partial charge in [0.2, 0.25) is 0 Å². The van der Waals surface area contributed by atoms with E-state index in [1.807, 2.05) is 30.3 Å². The van der Waals surface area contributed by atoms with Gasteiger partial charge < -0.3 is 15.3 Å². The van der Waals surface area contributed by atoms with E-state index in [1.165, 1.54) is 44.9 Å². The molecule has 1 rings (SSSR count). The van der Waals surface area contributed by atoms with Crippen molar-refractivity contribution in [3.05, 3.63) is 25.1 Å². The molecule has 19 heavy (non-hydrogen) atoms. The number of hydrogen-bond donors (Lipinski definition) is 2. The van der Waals surface area contributed by atoms with Gasteiger partial charge in [0.25, 0.3) is 0 Å². The van der Waals surface area contributed by atoms with Crippen LogP contribution in [0.3, 0.4) is 0 Å². The average Bonchev–Trinajstić information content (AvgIpc) is 2.85. The fourth-order valence-electron chi connectivity index (χ4n) is 2.56. The molecule has 3 heteroatoms. The molecule has 0 aliphatic carbocycles. The monoisotopic (exact) mass is 266 g/mol. The Hall–Kier alpha value is -0.960. The highest BCUT2D eigenvalue weighted by Gasteiger charge is 2.20. The van der Waals surface area contributed by atoms with E-state index < -0.39 is 6.23 Å². The van der Waals surface area contributed by atoms with Gasteiger partial charge in [0.1, 0.15) is 12.4 Å². The third kappa shape index (κ3) is 6.67. The molecule has 0 fully saturated rings. The Morgan fingerprint density at radius 1 is 1.21 bits per heavy atom. The van der Waals surface area contributed by atoms with Crippen molar-refractivity contribution in [3.8, 4) is 0 Å². The van der Waals surface area contributed by atoms with Crippen LogP contribution in [-0.2, 0) is 0 Å². The lowest BCUT2D eigenvalue weighted by Crippen LogP contribution is -2.40. The third-order valence-electron chi connectivity index (χ3n) is 3.71. The van der Waals surface area contributed by atoms with Gasteiger partial charge in [-0.25, -0.2) is 0 Å². The summed E-state index contributed by atoms with van der Waals surface area (Å²) in [5, 5.41) is 12.9. The van der Waals surface area contributed by atoms with Crippen LogP contribution < -0.4 is 5.32 Å². The summed E-state index contributed by atoms with van der Waals surface area (Å²) >= 11 is 0. The second-order valence-electron chi connectivity index (χ2n) is 5.42. The number of nitrogens with zero attached hydrogens (tertiary/aromatic N) is 1. The Morgan fingerprint density at radius 3 is 2.47 bits per heavy atom. The van der Waals surface area contributed by atoms with E-state index in [-0.39, 0.29) is 6.17 Å². The predicted octanol–water partition coefficient (Wildman–Crippen LogP) is 3.72. The molecule has 1 heterocycles. The summed E-state index contributed by atoms with van der Waals surface area (Å²) in [6.07, 6.45) is 17.2. The highest BCUT2D eigenvalue weighted by atomic mass is 16.3. The maximum Gasteiger partial charge on any atom is 0.125 e. The van der Waals surface area contributed by atoms with Crippen molar-refractivity contribution in [1.82, 2.24) is 10.2 Å². The van der Waals surface area contributed by atoms with Crippen LogP contribution in [0.1, 0.15) is 64.7 Å². The van der Waals surface area contributed by atoms with E-state index in [0.29, 0.717) is 0 Å². The topological polar surface area (TPSA) is 35.5 Å². The number of rotatable bonds is 11. The van der Waals surface area contributed by atoms with Gasteiger partial charge in [-0.2, -0.15) is 0 Å². The first-order valence-electron chi connectivity index (χ1n) is 7.75. The van der Waals surface area contributed by atoms with Crippen molar-refractivity contribution in [2.75, 3.05) is 0 Å². The zero-order chi connectivity index (χ0) is 13.9. The lowest BCUT2D eigenvalue weighted by atomic mass is 10.1. The van der Waals surface area contributed by atoms with E-state index in [1.54, 1.807) is 0 Å². The zero-order valence-corrected chi connectivity index (χ0v) is 12.4. The lowest BCUT2D eigenvalue weighted by molar-refractivity contribution is 0.0254. The minimum Gasteiger partial charge on any atom is -0.374 e. The van der Waals surface area contributed by atoms with E-state index in [4.69, 9.17) is 0 Å². The number of nitrogens with one attached hydrogen (secondary N) is 1. The Labute approximate surface area is 118 Å². The summed E-state index contributed by atoms with van der Waals surface area (Å²) in [7, 11) is 0. The Bertz CT molecular complexity index is 263. The quantitative estimate of drug-likeness (QED) is 0.442. The Kier molecular flexibility index (Phi) is 8.39. The molecule has 0 saturated carbocycles. The van der Waals surface area contributed by atoms with Gasteiger partial charge in [-0.15, -0.1) is 6.58 Å². The van der Waals surface area contributed by atoms with Crippen molar-refractivity contribution in [2.45, 2.75) is 77.1 Å². The number of aliphatic hydroxyl groups excluding tert-OH is 1. The summed E-state index contributed by atoms with van der Waals surface area (Å²) in [6, 6.07) is 0. The van der Waals surface area contributed by atoms with E-state index >= 15 is 0 Å². The normalized spacial score (nSPS) is 19.5. The molecule has 0 radical (unpaired) electrons. The summed E-state index contributed by atoms with van der Waals surface area (Å²) in [5.41, 5.74) is 0. The van der Waals surface area contributed by atoms with Gasteiger partial charge in [0.15, 0.2) is 0 Å². The van der Waals surface area contributed by atoms with Crippen LogP contribution in [0.2, 0.25) is 0 Å². The molecule has 2 atom stereocenters. The van der Waals surface area contributed by atoms with Gasteiger partial charge in [-0.05, 0) is 32.6 Å². The van der Waals surface area contributed by atoms with Crippen molar-refractivity contribution >= 4 is 0 Å². The molecule has 0 amide bonds. The van der Waals surface area contributed by atoms with Crippen LogP contribution in [0.4, 0.5) is 0 Å². The molecule has 2 N–H and O–H groups in total. The van der Waals surface area contributed by atoms with Gasteiger partial charge in [0.05, 0.1) is 0 Å². The minimum atomic E-state index is -0.402. The summed E-state index contributed by atoms with van der Waals surface area (Å²) in [5.74, 6) is 0. The first-order chi connectivity index (χ1) is 9.25. The molecule has 0 aromatic rings. The lowest BCUT2D eigenvalue weighted by Gasteiger charge is -2.28. The number of hydrogen-bond acceptors (Lipinski definition) is 3. The smallest absolute Gasteiger partial charge is 0.125 e. The van der Waals surface area contributed by atoms with Gasteiger partial charge >= 0.3 is 0 Å². The van der Waals surface area contributed by atoms with Gasteiger partial charge in [0, 0.05) is 12.4 Å². The molecule has 1 aliphatic heterocycles. The van der Waals surface area contributed by atoms with Crippen molar-refractivity contribution in [1.29, 1.82) is 0 Å². The fraction of sp³-hybridized carbons (Fsp3) is 0.750. The van der Waals surface area contributed by atoms with Crippen molar-refractivity contribution < 1.29 is 5.11 Å². The molecular weight excluding hydrogens is 236 g/mol. The first-order valence-corrected chi connectivity index (χ1v) is 7.75. The summed E-state index contributed by atoms with van der Waals surface area (Å²) in [6.45, 7) is 5.56. The molecular formula is C16H30N2O. The van der Waals surface area contributed by atoms with Crippen LogP contribution >= 0.6 is 0 Å². The van der Waals surface area contributed by atoms with Gasteiger partial charge in [-0.3, -0.25) is 0 Å². The minimum absolute atomic E-state index is 0.285. The number of allylic oxidation sites excluding steroid dienone is 1. The van der Waals surface area contributed by atoms with Crippen molar-refractivity contribution in [3.63, 3.8) is 0 Å². The van der Waals surface area contributed by atoms with E-state index in [2.05, 4.69) is 11.9 Å². The van der Waals surface area contributed by atoms with E-state index in [0.717, 1.165) is 12.8 Å². The maximum atomic E-state index is 9.59. The van der Waals surface area contributed by atoms with Crippen LogP contribution in [0.25, 0.3) is 0 Å². The fourth-order valence-corrected chi connectivity index (χ4v) is 2.56. The van der Waals surface area contributed by atoms with Crippen molar-refractivity contribution in [2.24, 2.45) is 0 Å². The summed E-state index contributed by atoms with van der Waals surface area (Å²) in [4.78, 5) is 1.98. The second-order valence-corrected chi connectivity index (χ2v) is 5.42. The van der Waals surface area contributed by atoms with E-state index in [9.17, 15) is 5.11 Å². The zero-order valence-electron chi connectivity index (χ0n) is 12.4. The maximum absolute atomic E-state index is 9.59. The Balaban J connectivity index is 1.92. The molecule has 0 saturated heterocycles. The third-order valence-corrected chi connectivity index (χ3v) is 3.71. The summed E-state index contributed by atoms with van der Waals surface area (Å²) < 4.78 is 0.